The smallest absolute Gasteiger partial charge is 0.314 e. The minimum absolute atomic E-state index is 0.0721. The highest BCUT2D eigenvalue weighted by Gasteiger charge is 2.16. The molecule has 0 radical (unpaired) electrons. The van der Waals surface area contributed by atoms with Crippen LogP contribution in [0, 0.1) is 15.5 Å². The molecule has 0 spiro atoms. The van der Waals surface area contributed by atoms with Gasteiger partial charge < -0.3 is 15.2 Å². The van der Waals surface area contributed by atoms with Crippen molar-refractivity contribution in [1.29, 1.82) is 5.41 Å². The molecule has 7 heteroatoms. The molecule has 0 saturated heterocycles. The monoisotopic (exact) mass is 253 g/mol. The van der Waals surface area contributed by atoms with Gasteiger partial charge in [0, 0.05) is 6.42 Å². The quantitative estimate of drug-likeness (QED) is 0.252. The largest absolute Gasteiger partial charge is 0.496 e. The Labute approximate surface area is 104 Å². The molecule has 0 saturated carbocycles. The van der Waals surface area contributed by atoms with Gasteiger partial charge in [-0.15, -0.1) is 0 Å². The molecule has 3 N–H and O–H groups in total. The summed E-state index contributed by atoms with van der Waals surface area (Å²) in [6.07, 6.45) is 0.947. The summed E-state index contributed by atoms with van der Waals surface area (Å²) in [5.74, 6) is 0.657. The molecule has 1 aromatic carbocycles. The Morgan fingerprint density at radius 2 is 2.28 bits per heavy atom. The zero-order chi connectivity index (χ0) is 13.5. The van der Waals surface area contributed by atoms with Crippen LogP contribution >= 0.6 is 0 Å². The predicted octanol–water partition coefficient (Wildman–Crippen LogP) is 1.70. The Hall–Kier alpha value is -2.31. The van der Waals surface area contributed by atoms with Gasteiger partial charge in [-0.3, -0.25) is 15.5 Å². The van der Waals surface area contributed by atoms with E-state index < -0.39 is 4.92 Å². The zero-order valence-corrected chi connectivity index (χ0v) is 10.0. The first kappa shape index (κ1) is 13.8. The molecule has 1 aromatic rings. The number of nitrogens with one attached hydrogen (secondary N) is 1. The van der Waals surface area contributed by atoms with Crippen molar-refractivity contribution in [2.24, 2.45) is 5.73 Å². The van der Waals surface area contributed by atoms with Crippen molar-refractivity contribution in [3.05, 3.63) is 28.3 Å². The SMILES string of the molecule is COc1ccc(OCCCC(=N)N)c([N+](=O)[O-])c1. The summed E-state index contributed by atoms with van der Waals surface area (Å²) < 4.78 is 10.2. The third kappa shape index (κ3) is 3.93. The van der Waals surface area contributed by atoms with Gasteiger partial charge in [-0.2, -0.15) is 0 Å². The first-order chi connectivity index (χ1) is 8.54. The van der Waals surface area contributed by atoms with Gasteiger partial charge in [-0.05, 0) is 18.6 Å². The molecule has 0 amide bonds. The van der Waals surface area contributed by atoms with Crippen LogP contribution in [0.25, 0.3) is 0 Å². The standard InChI is InChI=1S/C11H15N3O4/c1-17-8-4-5-10(9(7-8)14(15)16)18-6-2-3-11(12)13/h4-5,7H,2-3,6H2,1H3,(H3,12,13). The van der Waals surface area contributed by atoms with Crippen molar-refractivity contribution in [1.82, 2.24) is 0 Å². The maximum atomic E-state index is 10.8. The van der Waals surface area contributed by atoms with Crippen LogP contribution in [0.15, 0.2) is 18.2 Å². The summed E-state index contributed by atoms with van der Waals surface area (Å²) in [5, 5.41) is 17.9. The molecule has 0 aliphatic carbocycles. The summed E-state index contributed by atoms with van der Waals surface area (Å²) in [4.78, 5) is 10.3. The molecule has 0 unspecified atom stereocenters. The number of nitro benzene ring substituents is 1. The first-order valence-electron chi connectivity index (χ1n) is 5.32. The van der Waals surface area contributed by atoms with Gasteiger partial charge in [0.2, 0.25) is 0 Å². The summed E-state index contributed by atoms with van der Waals surface area (Å²) in [6.45, 7) is 0.271. The number of amidine groups is 1. The van der Waals surface area contributed by atoms with Gasteiger partial charge in [-0.25, -0.2) is 0 Å². The molecular weight excluding hydrogens is 238 g/mol. The Kier molecular flexibility index (Phi) is 4.91. The van der Waals surface area contributed by atoms with Crippen molar-refractivity contribution >= 4 is 11.5 Å². The maximum absolute atomic E-state index is 10.8. The molecule has 0 aliphatic heterocycles. The zero-order valence-electron chi connectivity index (χ0n) is 10.0. The molecule has 98 valence electrons. The van der Waals surface area contributed by atoms with Crippen LogP contribution < -0.4 is 15.2 Å². The van der Waals surface area contributed by atoms with E-state index in [9.17, 15) is 10.1 Å². The molecule has 0 heterocycles. The van der Waals surface area contributed by atoms with E-state index in [1.165, 1.54) is 19.2 Å². The number of nitrogens with two attached hydrogens (primary N) is 1. The van der Waals surface area contributed by atoms with Gasteiger partial charge in [0.15, 0.2) is 5.75 Å². The third-order valence-electron chi connectivity index (χ3n) is 2.21. The normalized spacial score (nSPS) is 9.83. The number of ether oxygens (including phenoxy) is 2. The highest BCUT2D eigenvalue weighted by Crippen LogP contribution is 2.31. The van der Waals surface area contributed by atoms with E-state index in [2.05, 4.69) is 0 Å². The second-order valence-corrected chi connectivity index (χ2v) is 3.57. The minimum atomic E-state index is -0.525. The lowest BCUT2D eigenvalue weighted by Crippen LogP contribution is -2.11. The summed E-state index contributed by atoms with van der Waals surface area (Å²) >= 11 is 0. The summed E-state index contributed by atoms with van der Waals surface area (Å²) in [6, 6.07) is 4.39. The molecule has 0 bridgehead atoms. The van der Waals surface area contributed by atoms with Crippen LogP contribution in [0.2, 0.25) is 0 Å². The minimum Gasteiger partial charge on any atom is -0.496 e. The molecule has 0 aromatic heterocycles. The van der Waals surface area contributed by atoms with E-state index in [0.717, 1.165) is 0 Å². The van der Waals surface area contributed by atoms with Crippen LogP contribution in [0.3, 0.4) is 0 Å². The van der Waals surface area contributed by atoms with Crippen LogP contribution in [0.4, 0.5) is 5.69 Å². The number of hydrogen-bond donors (Lipinski definition) is 2. The fourth-order valence-electron chi connectivity index (χ4n) is 1.33. The lowest BCUT2D eigenvalue weighted by atomic mass is 10.2. The fourth-order valence-corrected chi connectivity index (χ4v) is 1.33. The molecular formula is C11H15N3O4. The third-order valence-corrected chi connectivity index (χ3v) is 2.21. The second-order valence-electron chi connectivity index (χ2n) is 3.57. The Balaban J connectivity index is 2.69. The second kappa shape index (κ2) is 6.43. The number of nitro groups is 1. The van der Waals surface area contributed by atoms with E-state index in [1.807, 2.05) is 0 Å². The van der Waals surface area contributed by atoms with Crippen molar-refractivity contribution in [2.75, 3.05) is 13.7 Å². The molecule has 0 aliphatic rings. The Morgan fingerprint density at radius 1 is 1.56 bits per heavy atom. The lowest BCUT2D eigenvalue weighted by molar-refractivity contribution is -0.385. The number of rotatable bonds is 7. The maximum Gasteiger partial charge on any atom is 0.314 e. The van der Waals surface area contributed by atoms with Crippen LogP contribution in [0.5, 0.6) is 11.5 Å². The van der Waals surface area contributed by atoms with Gasteiger partial charge >= 0.3 is 5.69 Å². The van der Waals surface area contributed by atoms with E-state index in [0.29, 0.717) is 18.6 Å². The molecule has 1 rings (SSSR count). The van der Waals surface area contributed by atoms with Gasteiger partial charge in [0.05, 0.1) is 30.5 Å². The number of hydrogen-bond acceptors (Lipinski definition) is 5. The number of benzene rings is 1. The van der Waals surface area contributed by atoms with Crippen LogP contribution in [0.1, 0.15) is 12.8 Å². The Morgan fingerprint density at radius 3 is 2.83 bits per heavy atom. The molecule has 0 atom stereocenters. The van der Waals surface area contributed by atoms with E-state index >= 15 is 0 Å². The van der Waals surface area contributed by atoms with Crippen molar-refractivity contribution in [2.45, 2.75) is 12.8 Å². The van der Waals surface area contributed by atoms with Crippen LogP contribution in [-0.2, 0) is 0 Å². The van der Waals surface area contributed by atoms with Crippen molar-refractivity contribution in [3.63, 3.8) is 0 Å². The topological polar surface area (TPSA) is 111 Å². The first-order valence-corrected chi connectivity index (χ1v) is 5.32. The summed E-state index contributed by atoms with van der Waals surface area (Å²) in [7, 11) is 1.44. The number of nitrogens with zero attached hydrogens (tertiary/aromatic N) is 1. The van der Waals surface area contributed by atoms with E-state index in [4.69, 9.17) is 20.6 Å². The molecule has 7 nitrogen and oxygen atoms in total. The summed E-state index contributed by atoms with van der Waals surface area (Å²) in [5.41, 5.74) is 5.05. The average molecular weight is 253 g/mol. The average Bonchev–Trinajstić information content (AvgIpc) is 2.34. The Bertz CT molecular complexity index is 448. The van der Waals surface area contributed by atoms with Gasteiger partial charge in [0.1, 0.15) is 5.75 Å². The predicted molar refractivity (Wildman–Crippen MR) is 66.3 cm³/mol. The van der Waals surface area contributed by atoms with Crippen molar-refractivity contribution < 1.29 is 14.4 Å². The fraction of sp³-hybridized carbons (Fsp3) is 0.364. The molecule has 0 fully saturated rings. The highest BCUT2D eigenvalue weighted by molar-refractivity contribution is 5.76. The van der Waals surface area contributed by atoms with Gasteiger partial charge in [-0.1, -0.05) is 0 Å². The highest BCUT2D eigenvalue weighted by atomic mass is 16.6. The van der Waals surface area contributed by atoms with Gasteiger partial charge in [0.25, 0.3) is 0 Å². The lowest BCUT2D eigenvalue weighted by Gasteiger charge is -2.07. The van der Waals surface area contributed by atoms with E-state index in [1.54, 1.807) is 6.07 Å². The molecule has 18 heavy (non-hydrogen) atoms. The number of methoxy groups -OCH3 is 1. The van der Waals surface area contributed by atoms with E-state index in [-0.39, 0.29) is 23.9 Å². The van der Waals surface area contributed by atoms with Crippen LogP contribution in [-0.4, -0.2) is 24.5 Å². The van der Waals surface area contributed by atoms with Crippen molar-refractivity contribution in [3.8, 4) is 11.5 Å².